The van der Waals surface area contributed by atoms with Crippen LogP contribution in [0.5, 0.6) is 0 Å². The van der Waals surface area contributed by atoms with Crippen LogP contribution in [-0.4, -0.2) is 15.8 Å². The van der Waals surface area contributed by atoms with Crippen molar-refractivity contribution in [1.29, 1.82) is 0 Å². The third kappa shape index (κ3) is 1.48. The van der Waals surface area contributed by atoms with E-state index in [2.05, 4.69) is 9.97 Å². The Bertz CT molecular complexity index is 546. The molecule has 1 aromatic heterocycles. The molecule has 0 atom stereocenters. The Morgan fingerprint density at radius 2 is 1.88 bits per heavy atom. The van der Waals surface area contributed by atoms with E-state index in [1.165, 1.54) is 6.42 Å². The topological polar surface area (TPSA) is 42.9 Å². The molecule has 3 nitrogen and oxygen atoms in total. The lowest BCUT2D eigenvalue weighted by Crippen LogP contribution is -2.21. The molecule has 1 heterocycles. The molecular formula is C13H12N2O. The van der Waals surface area contributed by atoms with Crippen molar-refractivity contribution in [2.24, 2.45) is 5.92 Å². The summed E-state index contributed by atoms with van der Waals surface area (Å²) in [7, 11) is 0. The minimum absolute atomic E-state index is 0.245. The number of rotatable bonds is 2. The highest BCUT2D eigenvalue weighted by molar-refractivity contribution is 6.00. The van der Waals surface area contributed by atoms with E-state index in [0.29, 0.717) is 0 Å². The monoisotopic (exact) mass is 212 g/mol. The number of carbonyl (C=O) groups excluding carboxylic acids is 1. The van der Waals surface area contributed by atoms with Gasteiger partial charge in [-0.25, -0.2) is 0 Å². The van der Waals surface area contributed by atoms with Gasteiger partial charge in [0.25, 0.3) is 0 Å². The van der Waals surface area contributed by atoms with E-state index < -0.39 is 0 Å². The van der Waals surface area contributed by atoms with Crippen LogP contribution >= 0.6 is 0 Å². The first-order valence-electron chi connectivity index (χ1n) is 5.59. The highest BCUT2D eigenvalue weighted by Crippen LogP contribution is 2.30. The van der Waals surface area contributed by atoms with Gasteiger partial charge < -0.3 is 0 Å². The predicted octanol–water partition coefficient (Wildman–Crippen LogP) is 2.61. The molecule has 3 rings (SSSR count). The molecule has 1 aliphatic rings. The van der Waals surface area contributed by atoms with Crippen LogP contribution in [0.3, 0.4) is 0 Å². The zero-order valence-electron chi connectivity index (χ0n) is 8.89. The van der Waals surface area contributed by atoms with Crippen LogP contribution in [0, 0.1) is 5.92 Å². The summed E-state index contributed by atoms with van der Waals surface area (Å²) in [5.41, 5.74) is 2.41. The first-order valence-corrected chi connectivity index (χ1v) is 5.59. The molecule has 0 radical (unpaired) electrons. The van der Waals surface area contributed by atoms with Crippen LogP contribution in [0.1, 0.15) is 29.6 Å². The molecule has 0 bridgehead atoms. The SMILES string of the molecule is O=C(c1ccc2nccnc2c1)C1CCC1. The van der Waals surface area contributed by atoms with Gasteiger partial charge in [-0.2, -0.15) is 0 Å². The normalized spacial score (nSPS) is 16.0. The largest absolute Gasteiger partial charge is 0.294 e. The highest BCUT2D eigenvalue weighted by Gasteiger charge is 2.26. The van der Waals surface area contributed by atoms with Crippen molar-refractivity contribution in [3.63, 3.8) is 0 Å². The molecule has 3 heteroatoms. The Hall–Kier alpha value is -1.77. The van der Waals surface area contributed by atoms with Crippen molar-refractivity contribution >= 4 is 16.8 Å². The molecule has 0 spiro atoms. The number of Topliss-reactive ketones (excluding diaryl/α,β-unsaturated/α-hetero) is 1. The van der Waals surface area contributed by atoms with E-state index >= 15 is 0 Å². The lowest BCUT2D eigenvalue weighted by molar-refractivity contribution is 0.0855. The summed E-state index contributed by atoms with van der Waals surface area (Å²) in [6.07, 6.45) is 6.58. The van der Waals surface area contributed by atoms with E-state index in [4.69, 9.17) is 0 Å². The second kappa shape index (κ2) is 3.67. The fourth-order valence-corrected chi connectivity index (χ4v) is 2.02. The predicted molar refractivity (Wildman–Crippen MR) is 61.2 cm³/mol. The Morgan fingerprint density at radius 1 is 1.12 bits per heavy atom. The maximum atomic E-state index is 12.0. The van der Waals surface area contributed by atoms with Crippen molar-refractivity contribution in [2.75, 3.05) is 0 Å². The fraction of sp³-hybridized carbons (Fsp3) is 0.308. The summed E-state index contributed by atoms with van der Waals surface area (Å²) >= 11 is 0. The van der Waals surface area contributed by atoms with Crippen LogP contribution in [0.15, 0.2) is 30.6 Å². The van der Waals surface area contributed by atoms with Crippen LogP contribution in [0.2, 0.25) is 0 Å². The van der Waals surface area contributed by atoms with Gasteiger partial charge in [0.15, 0.2) is 5.78 Å². The average Bonchev–Trinajstić information content (AvgIpc) is 2.26. The first kappa shape index (κ1) is 9.46. The van der Waals surface area contributed by atoms with Crippen molar-refractivity contribution in [1.82, 2.24) is 9.97 Å². The summed E-state index contributed by atoms with van der Waals surface area (Å²) in [6.45, 7) is 0. The zero-order valence-corrected chi connectivity index (χ0v) is 8.89. The number of hydrogen-bond acceptors (Lipinski definition) is 3. The molecule has 1 aromatic carbocycles. The molecule has 0 unspecified atom stereocenters. The summed E-state index contributed by atoms with van der Waals surface area (Å²) in [6, 6.07) is 5.58. The fourth-order valence-electron chi connectivity index (χ4n) is 2.02. The highest BCUT2D eigenvalue weighted by atomic mass is 16.1. The molecule has 1 fully saturated rings. The number of nitrogens with zero attached hydrogens (tertiary/aromatic N) is 2. The number of aromatic nitrogens is 2. The van der Waals surface area contributed by atoms with E-state index in [1.54, 1.807) is 12.4 Å². The van der Waals surface area contributed by atoms with Gasteiger partial charge in [-0.1, -0.05) is 6.42 Å². The molecule has 0 saturated heterocycles. The zero-order chi connectivity index (χ0) is 11.0. The smallest absolute Gasteiger partial charge is 0.166 e. The van der Waals surface area contributed by atoms with Gasteiger partial charge in [0.05, 0.1) is 11.0 Å². The van der Waals surface area contributed by atoms with Gasteiger partial charge in [0.2, 0.25) is 0 Å². The Labute approximate surface area is 93.5 Å². The quantitative estimate of drug-likeness (QED) is 0.718. The molecule has 2 aromatic rings. The maximum absolute atomic E-state index is 12.0. The number of fused-ring (bicyclic) bond motifs is 1. The third-order valence-corrected chi connectivity index (χ3v) is 3.23. The maximum Gasteiger partial charge on any atom is 0.166 e. The summed E-state index contributed by atoms with van der Waals surface area (Å²) in [4.78, 5) is 20.4. The Kier molecular flexibility index (Phi) is 2.17. The molecule has 1 aliphatic carbocycles. The second-order valence-corrected chi connectivity index (χ2v) is 4.25. The van der Waals surface area contributed by atoms with E-state index in [0.717, 1.165) is 29.4 Å². The molecule has 80 valence electrons. The van der Waals surface area contributed by atoms with Crippen LogP contribution in [0.4, 0.5) is 0 Å². The second-order valence-electron chi connectivity index (χ2n) is 4.25. The van der Waals surface area contributed by atoms with Crippen LogP contribution in [-0.2, 0) is 0 Å². The lowest BCUT2D eigenvalue weighted by Gasteiger charge is -2.23. The average molecular weight is 212 g/mol. The summed E-state index contributed by atoms with van der Waals surface area (Å²) < 4.78 is 0. The molecule has 0 aliphatic heterocycles. The van der Waals surface area contributed by atoms with E-state index in [-0.39, 0.29) is 11.7 Å². The van der Waals surface area contributed by atoms with Crippen molar-refractivity contribution < 1.29 is 4.79 Å². The number of hydrogen-bond donors (Lipinski definition) is 0. The molecule has 0 amide bonds. The number of benzene rings is 1. The van der Waals surface area contributed by atoms with E-state index in [9.17, 15) is 4.79 Å². The minimum atomic E-state index is 0.245. The number of carbonyl (C=O) groups is 1. The third-order valence-electron chi connectivity index (χ3n) is 3.23. The minimum Gasteiger partial charge on any atom is -0.294 e. The van der Waals surface area contributed by atoms with Gasteiger partial charge >= 0.3 is 0 Å². The van der Waals surface area contributed by atoms with Gasteiger partial charge in [-0.15, -0.1) is 0 Å². The van der Waals surface area contributed by atoms with Crippen molar-refractivity contribution in [2.45, 2.75) is 19.3 Å². The van der Waals surface area contributed by atoms with E-state index in [1.807, 2.05) is 18.2 Å². The van der Waals surface area contributed by atoms with Crippen LogP contribution < -0.4 is 0 Å². The van der Waals surface area contributed by atoms with Gasteiger partial charge in [0.1, 0.15) is 0 Å². The standard InChI is InChI=1S/C13H12N2O/c16-13(9-2-1-3-9)10-4-5-11-12(8-10)15-7-6-14-11/h4-9H,1-3H2. The van der Waals surface area contributed by atoms with Gasteiger partial charge in [-0.3, -0.25) is 14.8 Å². The summed E-state index contributed by atoms with van der Waals surface area (Å²) in [5.74, 6) is 0.507. The molecular weight excluding hydrogens is 200 g/mol. The van der Waals surface area contributed by atoms with Gasteiger partial charge in [0, 0.05) is 23.9 Å². The van der Waals surface area contributed by atoms with Gasteiger partial charge in [-0.05, 0) is 31.0 Å². The first-order chi connectivity index (χ1) is 7.84. The molecule has 0 N–H and O–H groups in total. The summed E-state index contributed by atoms with van der Waals surface area (Å²) in [5, 5.41) is 0. The molecule has 16 heavy (non-hydrogen) atoms. The lowest BCUT2D eigenvalue weighted by atomic mass is 9.80. The van der Waals surface area contributed by atoms with Crippen molar-refractivity contribution in [3.05, 3.63) is 36.2 Å². The van der Waals surface area contributed by atoms with Crippen molar-refractivity contribution in [3.8, 4) is 0 Å². The number of ketones is 1. The molecule has 1 saturated carbocycles. The Morgan fingerprint density at radius 3 is 2.56 bits per heavy atom. The Balaban J connectivity index is 2.01. The van der Waals surface area contributed by atoms with Crippen LogP contribution in [0.25, 0.3) is 11.0 Å².